The third-order valence-electron chi connectivity index (χ3n) is 7.44. The molecule has 2 N–H and O–H groups in total. The maximum absolute atomic E-state index is 13.9. The molecule has 2 amide bonds. The Bertz CT molecular complexity index is 1320. The molecule has 4 nitrogen and oxygen atoms in total. The summed E-state index contributed by atoms with van der Waals surface area (Å²) in [6.07, 6.45) is 4.44. The van der Waals surface area contributed by atoms with Gasteiger partial charge in [0.25, 0.3) is 0 Å². The Labute approximate surface area is 218 Å². The molecule has 35 heavy (non-hydrogen) atoms. The van der Waals surface area contributed by atoms with Gasteiger partial charge in [-0.15, -0.1) is 0 Å². The lowest BCUT2D eigenvalue weighted by molar-refractivity contribution is 0.247. The van der Waals surface area contributed by atoms with Crippen molar-refractivity contribution in [2.24, 2.45) is 0 Å². The van der Waals surface area contributed by atoms with Crippen molar-refractivity contribution in [2.45, 2.75) is 50.2 Å². The number of hydrogen-bond donors (Lipinski definition) is 2. The highest BCUT2D eigenvalue weighted by molar-refractivity contribution is 6.40. The summed E-state index contributed by atoms with van der Waals surface area (Å²) in [5.41, 5.74) is 4.79. The Hall–Kier alpha value is -2.31. The predicted molar refractivity (Wildman–Crippen MR) is 140 cm³/mol. The molecule has 3 aromatic carbocycles. The molecule has 0 aromatic heterocycles. The van der Waals surface area contributed by atoms with Crippen molar-refractivity contribution in [1.29, 1.82) is 0 Å². The number of piperidine rings is 1. The Kier molecular flexibility index (Phi) is 5.92. The van der Waals surface area contributed by atoms with E-state index in [2.05, 4.69) is 22.8 Å². The number of para-hydroxylation sites is 1. The molecule has 2 unspecified atom stereocenters. The maximum atomic E-state index is 13.9. The van der Waals surface area contributed by atoms with Crippen LogP contribution in [0.15, 0.2) is 48.5 Å². The first-order chi connectivity index (χ1) is 16.9. The van der Waals surface area contributed by atoms with Gasteiger partial charge in [-0.2, -0.15) is 0 Å². The minimum Gasteiger partial charge on any atom is -0.333 e. The Morgan fingerprint density at radius 3 is 2.29 bits per heavy atom. The number of carbonyl (C=O) groups excluding carboxylic acids is 1. The van der Waals surface area contributed by atoms with Crippen LogP contribution in [0.1, 0.15) is 42.7 Å². The number of hydrogen-bond acceptors (Lipinski definition) is 2. The van der Waals surface area contributed by atoms with Crippen LogP contribution in [0.2, 0.25) is 15.1 Å². The van der Waals surface area contributed by atoms with E-state index in [0.29, 0.717) is 45.3 Å². The van der Waals surface area contributed by atoms with E-state index in [0.717, 1.165) is 40.8 Å². The van der Waals surface area contributed by atoms with Crippen LogP contribution >= 0.6 is 34.8 Å². The standard InChI is InChI=1S/C27H23Cl3FN3O/c28-22-2-1-3-23(29)26(22)34-25-11-15(14-8-17-5-6-18(9-14)33-17)10-20(21(25)13-32-27(34)35)19-7-4-16(31)12-24(19)30/h1-4,7,10-12,14,17-18,33H,5-6,8-9,13H2,(H,32,35). The summed E-state index contributed by atoms with van der Waals surface area (Å²) in [5, 5.41) is 7.74. The number of urea groups is 1. The van der Waals surface area contributed by atoms with Gasteiger partial charge in [-0.3, -0.25) is 4.90 Å². The van der Waals surface area contributed by atoms with Crippen molar-refractivity contribution in [3.63, 3.8) is 0 Å². The van der Waals surface area contributed by atoms with Gasteiger partial charge in [-0.05, 0) is 79.1 Å². The summed E-state index contributed by atoms with van der Waals surface area (Å²) in [6, 6.07) is 14.6. The average Bonchev–Trinajstić information content (AvgIpc) is 3.17. The van der Waals surface area contributed by atoms with Crippen LogP contribution in [0.3, 0.4) is 0 Å². The Morgan fingerprint density at radius 1 is 0.886 bits per heavy atom. The highest BCUT2D eigenvalue weighted by atomic mass is 35.5. The van der Waals surface area contributed by atoms with Gasteiger partial charge in [0.05, 0.1) is 26.4 Å². The number of nitrogens with zero attached hydrogens (tertiary/aromatic N) is 1. The number of fused-ring (bicyclic) bond motifs is 3. The van der Waals surface area contributed by atoms with E-state index in [1.54, 1.807) is 29.2 Å². The predicted octanol–water partition coefficient (Wildman–Crippen LogP) is 7.81. The van der Waals surface area contributed by atoms with Gasteiger partial charge in [-0.1, -0.05) is 46.9 Å². The number of rotatable bonds is 3. The third-order valence-corrected chi connectivity index (χ3v) is 8.36. The van der Waals surface area contributed by atoms with Crippen molar-refractivity contribution in [3.05, 3.63) is 80.5 Å². The van der Waals surface area contributed by atoms with Crippen molar-refractivity contribution < 1.29 is 9.18 Å². The number of nitrogens with one attached hydrogen (secondary N) is 2. The second kappa shape index (κ2) is 8.97. The van der Waals surface area contributed by atoms with Crippen LogP contribution < -0.4 is 15.5 Å². The second-order valence-electron chi connectivity index (χ2n) is 9.56. The molecule has 0 spiro atoms. The molecule has 2 saturated heterocycles. The van der Waals surface area contributed by atoms with Crippen LogP contribution in [0.5, 0.6) is 0 Å². The monoisotopic (exact) mass is 529 g/mol. The zero-order valence-electron chi connectivity index (χ0n) is 18.8. The van der Waals surface area contributed by atoms with Crippen LogP contribution in [0, 0.1) is 5.82 Å². The first-order valence-corrected chi connectivity index (χ1v) is 12.9. The van der Waals surface area contributed by atoms with Crippen LogP contribution in [-0.4, -0.2) is 18.1 Å². The highest BCUT2D eigenvalue weighted by Crippen LogP contribution is 2.47. The SMILES string of the molecule is O=C1NCc2c(-c3ccc(F)cc3Cl)cc(C3CC4CCC(C3)N4)cc2N1c1c(Cl)cccc1Cl. The zero-order chi connectivity index (χ0) is 24.3. The minimum atomic E-state index is -0.392. The van der Waals surface area contributed by atoms with Crippen molar-refractivity contribution in [2.75, 3.05) is 4.90 Å². The molecule has 3 aromatic rings. The lowest BCUT2D eigenvalue weighted by Gasteiger charge is -2.35. The molecule has 3 aliphatic rings. The van der Waals surface area contributed by atoms with Crippen molar-refractivity contribution in [1.82, 2.24) is 10.6 Å². The topological polar surface area (TPSA) is 44.4 Å². The van der Waals surface area contributed by atoms with Crippen molar-refractivity contribution in [3.8, 4) is 11.1 Å². The summed E-state index contributed by atoms with van der Waals surface area (Å²) in [4.78, 5) is 14.8. The number of amides is 2. The average molecular weight is 531 g/mol. The molecular weight excluding hydrogens is 508 g/mol. The van der Waals surface area contributed by atoms with E-state index in [1.807, 2.05) is 0 Å². The van der Waals surface area contributed by atoms with Gasteiger partial charge >= 0.3 is 6.03 Å². The molecule has 180 valence electrons. The van der Waals surface area contributed by atoms with E-state index < -0.39 is 5.82 Å². The molecule has 2 fully saturated rings. The minimum absolute atomic E-state index is 0.300. The summed E-state index contributed by atoms with van der Waals surface area (Å²) in [5.74, 6) is -0.0536. The highest BCUT2D eigenvalue weighted by Gasteiger charge is 2.36. The number of carbonyl (C=O) groups is 1. The Balaban J connectivity index is 1.58. The number of benzene rings is 3. The van der Waals surface area contributed by atoms with Gasteiger partial charge in [-0.25, -0.2) is 9.18 Å². The molecule has 0 aliphatic carbocycles. The fraction of sp³-hybridized carbons (Fsp3) is 0.296. The molecule has 2 bridgehead atoms. The lowest BCUT2D eigenvalue weighted by atomic mass is 9.83. The second-order valence-corrected chi connectivity index (χ2v) is 10.8. The smallest absolute Gasteiger partial charge is 0.326 e. The van der Waals surface area contributed by atoms with Gasteiger partial charge < -0.3 is 10.6 Å². The summed E-state index contributed by atoms with van der Waals surface area (Å²) < 4.78 is 13.9. The van der Waals surface area contributed by atoms with Gasteiger partial charge in [0.15, 0.2) is 0 Å². The molecule has 2 atom stereocenters. The van der Waals surface area contributed by atoms with E-state index in [1.165, 1.54) is 25.0 Å². The Morgan fingerprint density at radius 2 is 1.60 bits per heavy atom. The molecule has 3 heterocycles. The van der Waals surface area contributed by atoms with Crippen LogP contribution in [0.25, 0.3) is 11.1 Å². The fourth-order valence-corrected chi connectivity index (χ4v) is 6.69. The summed E-state index contributed by atoms with van der Waals surface area (Å²) in [7, 11) is 0. The number of anilines is 2. The largest absolute Gasteiger partial charge is 0.333 e. The van der Waals surface area contributed by atoms with E-state index in [4.69, 9.17) is 34.8 Å². The van der Waals surface area contributed by atoms with Crippen LogP contribution in [-0.2, 0) is 6.54 Å². The van der Waals surface area contributed by atoms with E-state index in [-0.39, 0.29) is 6.03 Å². The normalized spacial score (nSPS) is 23.3. The van der Waals surface area contributed by atoms with Gasteiger partial charge in [0, 0.05) is 29.8 Å². The molecule has 8 heteroatoms. The summed E-state index contributed by atoms with van der Waals surface area (Å²) >= 11 is 19.6. The van der Waals surface area contributed by atoms with Crippen molar-refractivity contribution >= 4 is 52.2 Å². The maximum Gasteiger partial charge on any atom is 0.326 e. The molecule has 0 radical (unpaired) electrons. The summed E-state index contributed by atoms with van der Waals surface area (Å²) in [6.45, 7) is 0.313. The number of halogens is 4. The molecule has 6 rings (SSSR count). The van der Waals surface area contributed by atoms with Gasteiger partial charge in [0.2, 0.25) is 0 Å². The van der Waals surface area contributed by atoms with E-state index in [9.17, 15) is 9.18 Å². The first-order valence-electron chi connectivity index (χ1n) is 11.8. The fourth-order valence-electron chi connectivity index (χ4n) is 5.85. The van der Waals surface area contributed by atoms with Crippen LogP contribution in [0.4, 0.5) is 20.6 Å². The van der Waals surface area contributed by atoms with Gasteiger partial charge in [0.1, 0.15) is 5.82 Å². The third kappa shape index (κ3) is 4.09. The zero-order valence-corrected chi connectivity index (χ0v) is 21.0. The van der Waals surface area contributed by atoms with E-state index >= 15 is 0 Å². The molecular formula is C27H23Cl3FN3O. The molecule has 3 aliphatic heterocycles. The molecule has 0 saturated carbocycles. The quantitative estimate of drug-likeness (QED) is 0.363. The lowest BCUT2D eigenvalue weighted by Crippen LogP contribution is -2.42. The first kappa shape index (κ1) is 23.1.